The van der Waals surface area contributed by atoms with Crippen LogP contribution in [0.5, 0.6) is 5.75 Å². The zero-order chi connectivity index (χ0) is 14.5. The molecule has 0 fully saturated rings. The van der Waals surface area contributed by atoms with E-state index in [-0.39, 0.29) is 0 Å². The molecule has 0 amide bonds. The van der Waals surface area contributed by atoms with Gasteiger partial charge in [0.1, 0.15) is 5.75 Å². The molecule has 20 heavy (non-hydrogen) atoms. The van der Waals surface area contributed by atoms with Gasteiger partial charge in [0.25, 0.3) is 0 Å². The summed E-state index contributed by atoms with van der Waals surface area (Å²) in [6.07, 6.45) is 1.98. The Kier molecular flexibility index (Phi) is 3.02. The molecule has 2 aromatic rings. The predicted molar refractivity (Wildman–Crippen MR) is 78.5 cm³/mol. The lowest BCUT2D eigenvalue weighted by atomic mass is 10.0. The third kappa shape index (κ3) is 1.99. The second-order valence-corrected chi connectivity index (χ2v) is 7.23. The average molecular weight is 294 g/mol. The van der Waals surface area contributed by atoms with Gasteiger partial charge in [-0.3, -0.25) is 0 Å². The first-order chi connectivity index (χ1) is 9.41. The number of sulfonamides is 1. The maximum atomic E-state index is 11.9. The van der Waals surface area contributed by atoms with Gasteiger partial charge in [-0.2, -0.15) is 4.31 Å². The van der Waals surface area contributed by atoms with E-state index in [1.807, 2.05) is 19.1 Å². The molecule has 6 heteroatoms. The molecule has 1 N–H and O–H groups in total. The van der Waals surface area contributed by atoms with Crippen LogP contribution in [-0.2, 0) is 23.0 Å². The van der Waals surface area contributed by atoms with Crippen molar-refractivity contribution in [1.29, 1.82) is 0 Å². The van der Waals surface area contributed by atoms with Crippen molar-refractivity contribution in [2.75, 3.05) is 19.9 Å². The summed E-state index contributed by atoms with van der Waals surface area (Å²) in [5.74, 6) is 0.744. The van der Waals surface area contributed by atoms with Gasteiger partial charge in [-0.15, -0.1) is 0 Å². The Labute approximate surface area is 118 Å². The van der Waals surface area contributed by atoms with E-state index in [9.17, 15) is 8.42 Å². The smallest absolute Gasteiger partial charge is 0.211 e. The lowest BCUT2D eigenvalue weighted by Gasteiger charge is -2.19. The molecule has 1 aromatic heterocycles. The van der Waals surface area contributed by atoms with Gasteiger partial charge in [-0.25, -0.2) is 8.42 Å². The number of aryl methyl sites for hydroxylation is 1. The predicted octanol–water partition coefficient (Wildman–Crippen LogP) is 1.80. The highest BCUT2D eigenvalue weighted by Crippen LogP contribution is 2.35. The number of nitrogens with one attached hydrogen (secondary N) is 1. The van der Waals surface area contributed by atoms with Gasteiger partial charge in [-0.05, 0) is 31.0 Å². The molecule has 0 unspecified atom stereocenters. The number of hydrogen-bond donors (Lipinski definition) is 1. The van der Waals surface area contributed by atoms with Gasteiger partial charge in [0.15, 0.2) is 0 Å². The second-order valence-electron chi connectivity index (χ2n) is 5.24. The Balaban J connectivity index is 2.27. The summed E-state index contributed by atoms with van der Waals surface area (Å²) in [5.41, 5.74) is 4.29. The first-order valence-electron chi connectivity index (χ1n) is 6.54. The van der Waals surface area contributed by atoms with Crippen LogP contribution in [0.2, 0.25) is 0 Å². The Morgan fingerprint density at radius 2 is 2.05 bits per heavy atom. The number of H-pyrrole nitrogens is 1. The molecule has 0 aliphatic carbocycles. The molecule has 0 radical (unpaired) electrons. The van der Waals surface area contributed by atoms with E-state index in [2.05, 4.69) is 4.98 Å². The van der Waals surface area contributed by atoms with Gasteiger partial charge in [0.05, 0.1) is 13.4 Å². The second kappa shape index (κ2) is 4.49. The number of ether oxygens (including phenoxy) is 1. The van der Waals surface area contributed by atoms with Crippen LogP contribution in [-0.4, -0.2) is 37.6 Å². The molecule has 0 bridgehead atoms. The summed E-state index contributed by atoms with van der Waals surface area (Å²) in [7, 11) is -1.59. The average Bonchev–Trinajstić information content (AvgIpc) is 2.58. The van der Waals surface area contributed by atoms with Crippen molar-refractivity contribution in [2.24, 2.45) is 0 Å². The van der Waals surface area contributed by atoms with E-state index >= 15 is 0 Å². The molecule has 1 aliphatic rings. The zero-order valence-electron chi connectivity index (χ0n) is 11.9. The monoisotopic (exact) mass is 294 g/mol. The van der Waals surface area contributed by atoms with Crippen molar-refractivity contribution in [2.45, 2.75) is 19.9 Å². The van der Waals surface area contributed by atoms with Gasteiger partial charge in [0.2, 0.25) is 10.0 Å². The number of aromatic nitrogens is 1. The maximum absolute atomic E-state index is 11.9. The lowest BCUT2D eigenvalue weighted by Crippen LogP contribution is -2.30. The first kappa shape index (κ1) is 13.5. The van der Waals surface area contributed by atoms with Crippen molar-refractivity contribution >= 4 is 20.9 Å². The van der Waals surface area contributed by atoms with Crippen molar-refractivity contribution in [3.05, 3.63) is 29.0 Å². The van der Waals surface area contributed by atoms with Crippen molar-refractivity contribution in [1.82, 2.24) is 9.29 Å². The summed E-state index contributed by atoms with van der Waals surface area (Å²) in [6.45, 7) is 2.90. The molecule has 1 aromatic carbocycles. The molecule has 2 heterocycles. The number of benzene rings is 1. The Bertz CT molecular complexity index is 777. The number of hydrogen-bond acceptors (Lipinski definition) is 3. The fraction of sp³-hybridized carbons (Fsp3) is 0.429. The van der Waals surface area contributed by atoms with Crippen LogP contribution in [0.25, 0.3) is 10.9 Å². The third-order valence-electron chi connectivity index (χ3n) is 3.98. The van der Waals surface area contributed by atoms with Gasteiger partial charge in [0, 0.05) is 35.2 Å². The molecule has 0 atom stereocenters. The number of aromatic amines is 1. The summed E-state index contributed by atoms with van der Waals surface area (Å²) in [5, 5.41) is 1.12. The number of methoxy groups -OCH3 is 1. The lowest BCUT2D eigenvalue weighted by molar-refractivity contribution is 0.387. The Hall–Kier alpha value is -1.53. The SMILES string of the molecule is COc1ccc2[nH]c(C)c3c2c1CN(S(C)(=O)=O)CC3. The van der Waals surface area contributed by atoms with Crippen molar-refractivity contribution < 1.29 is 13.2 Å². The maximum Gasteiger partial charge on any atom is 0.211 e. The highest BCUT2D eigenvalue weighted by Gasteiger charge is 2.26. The minimum absolute atomic E-state index is 0.365. The largest absolute Gasteiger partial charge is 0.496 e. The van der Waals surface area contributed by atoms with Gasteiger partial charge >= 0.3 is 0 Å². The Morgan fingerprint density at radius 1 is 1.30 bits per heavy atom. The Morgan fingerprint density at radius 3 is 2.70 bits per heavy atom. The normalized spacial score (nSPS) is 16.4. The minimum atomic E-state index is -3.21. The van der Waals surface area contributed by atoms with Crippen LogP contribution in [0.3, 0.4) is 0 Å². The van der Waals surface area contributed by atoms with Crippen LogP contribution in [0.15, 0.2) is 12.1 Å². The summed E-state index contributed by atoms with van der Waals surface area (Å²) < 4.78 is 30.7. The molecule has 0 spiro atoms. The summed E-state index contributed by atoms with van der Waals surface area (Å²) in [6, 6.07) is 3.88. The molecule has 0 saturated carbocycles. The van der Waals surface area contributed by atoms with E-state index in [1.54, 1.807) is 7.11 Å². The van der Waals surface area contributed by atoms with Crippen LogP contribution < -0.4 is 4.74 Å². The zero-order valence-corrected chi connectivity index (χ0v) is 12.7. The number of nitrogens with zero attached hydrogens (tertiary/aromatic N) is 1. The van der Waals surface area contributed by atoms with E-state index in [0.717, 1.165) is 34.3 Å². The molecular formula is C14H18N2O3S. The van der Waals surface area contributed by atoms with Crippen LogP contribution in [0.1, 0.15) is 16.8 Å². The van der Waals surface area contributed by atoms with Gasteiger partial charge in [-0.1, -0.05) is 0 Å². The molecule has 108 valence electrons. The summed E-state index contributed by atoms with van der Waals surface area (Å²) >= 11 is 0. The standard InChI is InChI=1S/C14H18N2O3S/c1-9-10-6-7-16(20(3,17)18)8-11-13(19-2)5-4-12(15-9)14(10)11/h4-5,15H,6-8H2,1-3H3. The van der Waals surface area contributed by atoms with E-state index in [1.165, 1.54) is 16.1 Å². The molecule has 3 rings (SSSR count). The fourth-order valence-electron chi connectivity index (χ4n) is 2.98. The topological polar surface area (TPSA) is 62.4 Å². The third-order valence-corrected chi connectivity index (χ3v) is 5.23. The van der Waals surface area contributed by atoms with E-state index in [0.29, 0.717) is 13.1 Å². The molecule has 1 aliphatic heterocycles. The fourth-order valence-corrected chi connectivity index (χ4v) is 3.76. The number of rotatable bonds is 2. The van der Waals surface area contributed by atoms with Gasteiger partial charge < -0.3 is 9.72 Å². The highest BCUT2D eigenvalue weighted by molar-refractivity contribution is 7.88. The van der Waals surface area contributed by atoms with E-state index in [4.69, 9.17) is 4.74 Å². The molecule has 0 saturated heterocycles. The minimum Gasteiger partial charge on any atom is -0.496 e. The van der Waals surface area contributed by atoms with Crippen molar-refractivity contribution in [3.63, 3.8) is 0 Å². The van der Waals surface area contributed by atoms with E-state index < -0.39 is 10.0 Å². The van der Waals surface area contributed by atoms with Crippen LogP contribution in [0, 0.1) is 6.92 Å². The molecule has 5 nitrogen and oxygen atoms in total. The quantitative estimate of drug-likeness (QED) is 0.918. The van der Waals surface area contributed by atoms with Crippen LogP contribution in [0.4, 0.5) is 0 Å². The van der Waals surface area contributed by atoms with Crippen molar-refractivity contribution in [3.8, 4) is 5.75 Å². The first-order valence-corrected chi connectivity index (χ1v) is 8.39. The molecular weight excluding hydrogens is 276 g/mol. The highest BCUT2D eigenvalue weighted by atomic mass is 32.2. The summed E-state index contributed by atoms with van der Waals surface area (Å²) in [4.78, 5) is 3.37. The van der Waals surface area contributed by atoms with Crippen LogP contribution >= 0.6 is 0 Å².